The van der Waals surface area contributed by atoms with E-state index in [2.05, 4.69) is 27.1 Å². The first-order chi connectivity index (χ1) is 10.9. The Morgan fingerprint density at radius 3 is 2.22 bits per heavy atom. The maximum absolute atomic E-state index is 11.8. The quantitative estimate of drug-likeness (QED) is 0.409. The summed E-state index contributed by atoms with van der Waals surface area (Å²) in [7, 11) is 4.42. The second kappa shape index (κ2) is 13.6. The minimum Gasteiger partial charge on any atom is -0.370 e. The largest absolute Gasteiger partial charge is 0.370 e. The highest BCUT2D eigenvalue weighted by molar-refractivity contribution is 7.09. The van der Waals surface area contributed by atoms with Crippen LogP contribution in [-0.2, 0) is 20.8 Å². The molecule has 0 fully saturated rings. The van der Waals surface area contributed by atoms with Gasteiger partial charge in [-0.1, -0.05) is 0 Å². The van der Waals surface area contributed by atoms with Gasteiger partial charge in [-0.3, -0.25) is 14.4 Å². The van der Waals surface area contributed by atoms with Crippen molar-refractivity contribution in [3.05, 3.63) is 16.1 Å². The van der Waals surface area contributed by atoms with Crippen LogP contribution in [0.5, 0.6) is 0 Å². The lowest BCUT2D eigenvalue weighted by Gasteiger charge is -2.15. The number of primary amides is 1. The zero-order valence-electron chi connectivity index (χ0n) is 13.9. The summed E-state index contributed by atoms with van der Waals surface area (Å²) in [6.07, 6.45) is -0.169. The number of nitrogens with one attached hydrogen (secondary N) is 2. The summed E-state index contributed by atoms with van der Waals surface area (Å²) in [5.74, 6) is -1.49. The van der Waals surface area contributed by atoms with Crippen LogP contribution < -0.4 is 27.8 Å². The van der Waals surface area contributed by atoms with Crippen LogP contribution in [0.3, 0.4) is 0 Å². The number of carbonyl (C=O) groups excluding carboxylic acids is 3. The van der Waals surface area contributed by atoms with Crippen LogP contribution in [0.15, 0.2) is 5.38 Å². The zero-order chi connectivity index (χ0) is 18.4. The molecule has 1 aromatic heterocycles. The van der Waals surface area contributed by atoms with Crippen LogP contribution in [0.2, 0.25) is 0 Å². The Kier molecular flexibility index (Phi) is 13.7. The second-order valence-corrected chi connectivity index (χ2v) is 5.00. The number of thiazole rings is 1. The van der Waals surface area contributed by atoms with Crippen molar-refractivity contribution in [3.8, 4) is 0 Å². The Morgan fingerprint density at radius 1 is 1.26 bits per heavy atom. The van der Waals surface area contributed by atoms with Gasteiger partial charge in [0.05, 0.1) is 23.5 Å². The molecule has 0 bridgehead atoms. The van der Waals surface area contributed by atoms with E-state index >= 15 is 0 Å². The molecule has 10 heteroatoms. The maximum Gasteiger partial charge on any atom is 0.242 e. The number of rotatable bonds is 6. The van der Waals surface area contributed by atoms with E-state index in [-0.39, 0.29) is 18.7 Å². The van der Waals surface area contributed by atoms with Crippen LogP contribution >= 0.6 is 11.3 Å². The van der Waals surface area contributed by atoms with Gasteiger partial charge in [0.1, 0.15) is 6.04 Å². The molecule has 0 saturated carbocycles. The Morgan fingerprint density at radius 2 is 1.83 bits per heavy atom. The molecule has 0 saturated heterocycles. The number of aromatic nitrogens is 1. The van der Waals surface area contributed by atoms with Gasteiger partial charge in [0.15, 0.2) is 0 Å². The fourth-order valence-corrected chi connectivity index (χ4v) is 2.10. The summed E-state index contributed by atoms with van der Waals surface area (Å²) in [5, 5.41) is 7.48. The third kappa shape index (κ3) is 10.3. The first-order valence-electron chi connectivity index (χ1n) is 6.78. The number of hydrogen-bond acceptors (Lipinski definition) is 7. The Labute approximate surface area is 140 Å². The summed E-state index contributed by atoms with van der Waals surface area (Å²) >= 11 is 1.44. The van der Waals surface area contributed by atoms with E-state index in [1.807, 2.05) is 6.92 Å². The minimum absolute atomic E-state index is 0.0661. The van der Waals surface area contributed by atoms with Crippen molar-refractivity contribution in [2.24, 2.45) is 17.2 Å². The molecular weight excluding hydrogens is 320 g/mol. The Hall–Kier alpha value is -2.04. The van der Waals surface area contributed by atoms with Gasteiger partial charge in [-0.2, -0.15) is 0 Å². The van der Waals surface area contributed by atoms with Crippen LogP contribution in [0, 0.1) is 6.92 Å². The lowest BCUT2D eigenvalue weighted by molar-refractivity contribution is -0.130. The summed E-state index contributed by atoms with van der Waals surface area (Å²) in [6, 6.07) is -0.949. The van der Waals surface area contributed by atoms with E-state index in [1.54, 1.807) is 5.38 Å². The van der Waals surface area contributed by atoms with E-state index < -0.39 is 17.9 Å². The number of nitrogens with two attached hydrogens (primary N) is 3. The highest BCUT2D eigenvalue weighted by Crippen LogP contribution is 2.08. The summed E-state index contributed by atoms with van der Waals surface area (Å²) in [4.78, 5) is 38.3. The Balaban J connectivity index is 0. The predicted octanol–water partition coefficient (Wildman–Crippen LogP) is -1.75. The first-order valence-corrected chi connectivity index (χ1v) is 7.66. The number of amides is 3. The summed E-state index contributed by atoms with van der Waals surface area (Å²) in [5.41, 5.74) is 14.7. The van der Waals surface area contributed by atoms with Crippen molar-refractivity contribution in [1.29, 1.82) is 0 Å². The molecule has 0 aromatic carbocycles. The molecule has 132 valence electrons. The molecule has 0 aliphatic heterocycles. The molecule has 0 aliphatic rings. The van der Waals surface area contributed by atoms with E-state index in [9.17, 15) is 14.4 Å². The lowest BCUT2D eigenvalue weighted by Crippen LogP contribution is -2.48. The first kappa shape index (κ1) is 23.2. The molecule has 3 amide bonds. The standard InChI is InChI=1S/C11H16N4O3S.2CH5N/c1-6-14-7(5-19-6)3-10(17)15-8(4-9(12)16)11(18)13-2;2*1-2/h5,8H,3-4H2,1-2H3,(H2,12,16)(H,13,18)(H,15,17);2*2H2,1H3/t8-;;/m0../s1. The zero-order valence-corrected chi connectivity index (χ0v) is 14.7. The van der Waals surface area contributed by atoms with Gasteiger partial charge in [-0.25, -0.2) is 4.98 Å². The fourth-order valence-electron chi connectivity index (χ4n) is 1.48. The summed E-state index contributed by atoms with van der Waals surface area (Å²) in [6.45, 7) is 1.84. The normalized spacial score (nSPS) is 10.2. The van der Waals surface area contributed by atoms with E-state index in [1.165, 1.54) is 32.5 Å². The molecule has 0 spiro atoms. The molecule has 1 aromatic rings. The topological polar surface area (TPSA) is 166 Å². The molecule has 9 nitrogen and oxygen atoms in total. The molecule has 1 rings (SSSR count). The number of hydrogen-bond donors (Lipinski definition) is 5. The van der Waals surface area contributed by atoms with Gasteiger partial charge in [0.2, 0.25) is 17.7 Å². The predicted molar refractivity (Wildman–Crippen MR) is 90.6 cm³/mol. The van der Waals surface area contributed by atoms with Crippen molar-refractivity contribution < 1.29 is 14.4 Å². The number of nitrogens with zero attached hydrogens (tertiary/aromatic N) is 1. The lowest BCUT2D eigenvalue weighted by atomic mass is 10.1. The van der Waals surface area contributed by atoms with Crippen LogP contribution in [0.4, 0.5) is 0 Å². The van der Waals surface area contributed by atoms with E-state index in [0.29, 0.717) is 5.69 Å². The number of carbonyl (C=O) groups is 3. The third-order valence-corrected chi connectivity index (χ3v) is 3.13. The Bertz CT molecular complexity index is 492. The van der Waals surface area contributed by atoms with Crippen molar-refractivity contribution in [1.82, 2.24) is 15.6 Å². The van der Waals surface area contributed by atoms with Crippen molar-refractivity contribution in [2.75, 3.05) is 21.1 Å². The highest BCUT2D eigenvalue weighted by atomic mass is 32.1. The second-order valence-electron chi connectivity index (χ2n) is 3.94. The van der Waals surface area contributed by atoms with Crippen LogP contribution in [-0.4, -0.2) is 49.9 Å². The van der Waals surface area contributed by atoms with Gasteiger partial charge in [0.25, 0.3) is 0 Å². The average molecular weight is 346 g/mol. The molecule has 1 heterocycles. The van der Waals surface area contributed by atoms with Crippen LogP contribution in [0.1, 0.15) is 17.1 Å². The molecule has 1 atom stereocenters. The fraction of sp³-hybridized carbons (Fsp3) is 0.538. The van der Waals surface area contributed by atoms with Gasteiger partial charge >= 0.3 is 0 Å². The molecule has 0 aliphatic carbocycles. The van der Waals surface area contributed by atoms with Gasteiger partial charge in [-0.05, 0) is 21.0 Å². The monoisotopic (exact) mass is 346 g/mol. The molecule has 0 radical (unpaired) electrons. The van der Waals surface area contributed by atoms with Crippen molar-refractivity contribution in [3.63, 3.8) is 0 Å². The van der Waals surface area contributed by atoms with Crippen molar-refractivity contribution >= 4 is 29.1 Å². The summed E-state index contributed by atoms with van der Waals surface area (Å²) < 4.78 is 0. The molecular formula is C13H26N6O3S. The van der Waals surface area contributed by atoms with Crippen molar-refractivity contribution in [2.45, 2.75) is 25.8 Å². The van der Waals surface area contributed by atoms with Gasteiger partial charge < -0.3 is 27.8 Å². The van der Waals surface area contributed by atoms with E-state index in [0.717, 1.165) is 5.01 Å². The van der Waals surface area contributed by atoms with Gasteiger partial charge in [0, 0.05) is 12.4 Å². The van der Waals surface area contributed by atoms with Gasteiger partial charge in [-0.15, -0.1) is 11.3 Å². The number of aryl methyl sites for hydroxylation is 1. The van der Waals surface area contributed by atoms with E-state index in [4.69, 9.17) is 5.73 Å². The minimum atomic E-state index is -0.949. The SMILES string of the molecule is CN.CN.CNC(=O)[C@H](CC(N)=O)NC(=O)Cc1csc(C)n1. The molecule has 23 heavy (non-hydrogen) atoms. The highest BCUT2D eigenvalue weighted by Gasteiger charge is 2.22. The smallest absolute Gasteiger partial charge is 0.242 e. The molecule has 0 unspecified atom stereocenters. The average Bonchev–Trinajstić information content (AvgIpc) is 2.94. The molecule has 8 N–H and O–H groups in total. The maximum atomic E-state index is 11.8. The number of likely N-dealkylation sites (N-methyl/N-ethyl adjacent to an activating group) is 1. The van der Waals surface area contributed by atoms with Crippen LogP contribution in [0.25, 0.3) is 0 Å². The third-order valence-electron chi connectivity index (χ3n) is 2.31.